The first-order chi connectivity index (χ1) is 8.72. The fourth-order valence-corrected chi connectivity index (χ4v) is 3.54. The molecule has 1 N–H and O–H groups in total. The molecule has 3 nitrogen and oxygen atoms in total. The fourth-order valence-electron chi connectivity index (χ4n) is 1.49. The van der Waals surface area contributed by atoms with Crippen LogP contribution in [0.1, 0.15) is 11.3 Å². The predicted molar refractivity (Wildman–Crippen MR) is 79.0 cm³/mol. The van der Waals surface area contributed by atoms with E-state index in [2.05, 4.69) is 22.4 Å². The molecule has 2 rings (SSSR count). The number of rotatable bonds is 5. The smallest absolute Gasteiger partial charge is 0.183 e. The summed E-state index contributed by atoms with van der Waals surface area (Å²) in [6, 6.07) is 8.19. The van der Waals surface area contributed by atoms with Crippen LogP contribution in [0.25, 0.3) is 0 Å². The van der Waals surface area contributed by atoms with Gasteiger partial charge in [0, 0.05) is 12.8 Å². The molecular formula is C13H16N2OS2. The van der Waals surface area contributed by atoms with Crippen molar-refractivity contribution in [1.29, 1.82) is 0 Å². The average molecular weight is 280 g/mol. The van der Waals surface area contributed by atoms with Crippen molar-refractivity contribution < 1.29 is 4.74 Å². The molecule has 18 heavy (non-hydrogen) atoms. The van der Waals surface area contributed by atoms with E-state index in [1.165, 1.54) is 9.77 Å². The zero-order valence-electron chi connectivity index (χ0n) is 10.7. The minimum atomic E-state index is 0.898. The maximum absolute atomic E-state index is 5.15. The van der Waals surface area contributed by atoms with Gasteiger partial charge in [0.2, 0.25) is 0 Å². The van der Waals surface area contributed by atoms with Gasteiger partial charge in [-0.1, -0.05) is 23.5 Å². The summed E-state index contributed by atoms with van der Waals surface area (Å²) in [5, 5.41) is 4.06. The third kappa shape index (κ3) is 3.17. The Morgan fingerprint density at radius 1 is 1.33 bits per heavy atom. The van der Waals surface area contributed by atoms with Crippen molar-refractivity contribution in [2.24, 2.45) is 0 Å². The molecule has 0 aliphatic carbocycles. The van der Waals surface area contributed by atoms with Gasteiger partial charge in [-0.3, -0.25) is 0 Å². The standard InChI is InChI=1S/C13H16N2OS2/c1-9-12(18-13(14-2)15-9)17-8-10-4-6-11(16-3)7-5-10/h4-7H,8H2,1-3H3,(H,14,15). The number of aromatic nitrogens is 1. The Balaban J connectivity index is 1.99. The summed E-state index contributed by atoms with van der Waals surface area (Å²) in [7, 11) is 3.58. The number of aryl methyl sites for hydroxylation is 1. The van der Waals surface area contributed by atoms with Crippen LogP contribution in [0.5, 0.6) is 5.75 Å². The van der Waals surface area contributed by atoms with Crippen molar-refractivity contribution in [3.63, 3.8) is 0 Å². The Morgan fingerprint density at radius 3 is 2.61 bits per heavy atom. The van der Waals surface area contributed by atoms with Crippen molar-refractivity contribution in [3.8, 4) is 5.75 Å². The van der Waals surface area contributed by atoms with Crippen LogP contribution in [0, 0.1) is 6.92 Å². The number of ether oxygens (including phenoxy) is 1. The molecule has 0 aliphatic heterocycles. The van der Waals surface area contributed by atoms with E-state index in [0.717, 1.165) is 22.3 Å². The van der Waals surface area contributed by atoms with Crippen molar-refractivity contribution in [2.45, 2.75) is 16.9 Å². The molecule has 0 atom stereocenters. The van der Waals surface area contributed by atoms with Gasteiger partial charge < -0.3 is 10.1 Å². The van der Waals surface area contributed by atoms with Crippen molar-refractivity contribution in [2.75, 3.05) is 19.5 Å². The van der Waals surface area contributed by atoms with Gasteiger partial charge in [0.1, 0.15) is 5.75 Å². The molecule has 0 aliphatic rings. The van der Waals surface area contributed by atoms with E-state index in [1.54, 1.807) is 18.4 Å². The molecular weight excluding hydrogens is 264 g/mol. The molecule has 0 unspecified atom stereocenters. The lowest BCUT2D eigenvalue weighted by Gasteiger charge is -2.02. The molecule has 5 heteroatoms. The zero-order valence-corrected chi connectivity index (χ0v) is 12.3. The SMILES string of the molecule is CNc1nc(C)c(SCc2ccc(OC)cc2)s1. The van der Waals surface area contributed by atoms with Gasteiger partial charge >= 0.3 is 0 Å². The number of anilines is 1. The molecule has 1 aromatic heterocycles. The number of nitrogens with one attached hydrogen (secondary N) is 1. The van der Waals surface area contributed by atoms with Crippen molar-refractivity contribution >= 4 is 28.2 Å². The minimum Gasteiger partial charge on any atom is -0.497 e. The molecule has 0 fully saturated rings. The van der Waals surface area contributed by atoms with Crippen LogP contribution in [0.2, 0.25) is 0 Å². The normalized spacial score (nSPS) is 10.4. The van der Waals surface area contributed by atoms with Gasteiger partial charge in [-0.15, -0.1) is 11.8 Å². The Hall–Kier alpha value is -1.20. The summed E-state index contributed by atoms with van der Waals surface area (Å²) in [6.07, 6.45) is 0. The van der Waals surface area contributed by atoms with Crippen LogP contribution in [-0.2, 0) is 5.75 Å². The topological polar surface area (TPSA) is 34.2 Å². The lowest BCUT2D eigenvalue weighted by Crippen LogP contribution is -1.85. The van der Waals surface area contributed by atoms with E-state index in [0.29, 0.717) is 0 Å². The number of nitrogens with zero attached hydrogens (tertiary/aromatic N) is 1. The number of thioether (sulfide) groups is 1. The van der Waals surface area contributed by atoms with Gasteiger partial charge in [-0.25, -0.2) is 4.98 Å². The molecule has 96 valence electrons. The highest BCUT2D eigenvalue weighted by atomic mass is 32.2. The van der Waals surface area contributed by atoms with E-state index in [-0.39, 0.29) is 0 Å². The Bertz CT molecular complexity index is 508. The van der Waals surface area contributed by atoms with Crippen LogP contribution >= 0.6 is 23.1 Å². The number of benzene rings is 1. The first-order valence-corrected chi connectivity index (χ1v) is 7.44. The molecule has 2 aromatic rings. The minimum absolute atomic E-state index is 0.898. The van der Waals surface area contributed by atoms with Gasteiger partial charge in [-0.2, -0.15) is 0 Å². The summed E-state index contributed by atoms with van der Waals surface area (Å²) in [6.45, 7) is 2.05. The van der Waals surface area contributed by atoms with E-state index in [1.807, 2.05) is 37.9 Å². The van der Waals surface area contributed by atoms with Crippen LogP contribution in [0.15, 0.2) is 28.5 Å². The van der Waals surface area contributed by atoms with Gasteiger partial charge in [0.05, 0.1) is 17.0 Å². The van der Waals surface area contributed by atoms with Crippen LogP contribution in [-0.4, -0.2) is 19.1 Å². The second kappa shape index (κ2) is 6.11. The molecule has 0 spiro atoms. The zero-order chi connectivity index (χ0) is 13.0. The fraction of sp³-hybridized carbons (Fsp3) is 0.308. The van der Waals surface area contributed by atoms with Crippen LogP contribution < -0.4 is 10.1 Å². The quantitative estimate of drug-likeness (QED) is 0.845. The second-order valence-corrected chi connectivity index (χ2v) is 6.02. The number of hydrogen-bond donors (Lipinski definition) is 1. The Morgan fingerprint density at radius 2 is 2.06 bits per heavy atom. The molecule has 0 saturated heterocycles. The summed E-state index contributed by atoms with van der Waals surface area (Å²) < 4.78 is 6.42. The highest BCUT2D eigenvalue weighted by Gasteiger charge is 2.07. The first kappa shape index (κ1) is 13.2. The molecule has 1 aromatic carbocycles. The van der Waals surface area contributed by atoms with Crippen LogP contribution in [0.3, 0.4) is 0 Å². The Labute approximate surface area is 116 Å². The van der Waals surface area contributed by atoms with Gasteiger partial charge in [0.25, 0.3) is 0 Å². The van der Waals surface area contributed by atoms with Gasteiger partial charge in [0.15, 0.2) is 5.13 Å². The van der Waals surface area contributed by atoms with Crippen molar-refractivity contribution in [3.05, 3.63) is 35.5 Å². The maximum Gasteiger partial charge on any atom is 0.183 e. The van der Waals surface area contributed by atoms with E-state index >= 15 is 0 Å². The van der Waals surface area contributed by atoms with E-state index in [9.17, 15) is 0 Å². The lowest BCUT2D eigenvalue weighted by atomic mass is 10.2. The number of thiazole rings is 1. The molecule has 0 saturated carbocycles. The maximum atomic E-state index is 5.15. The summed E-state index contributed by atoms with van der Waals surface area (Å²) in [5.41, 5.74) is 2.39. The molecule has 0 radical (unpaired) electrons. The largest absolute Gasteiger partial charge is 0.497 e. The summed E-state index contributed by atoms with van der Waals surface area (Å²) >= 11 is 3.53. The lowest BCUT2D eigenvalue weighted by molar-refractivity contribution is 0.414. The molecule has 0 bridgehead atoms. The summed E-state index contributed by atoms with van der Waals surface area (Å²) in [4.78, 5) is 4.44. The molecule has 1 heterocycles. The van der Waals surface area contributed by atoms with Crippen LogP contribution in [0.4, 0.5) is 5.13 Å². The van der Waals surface area contributed by atoms with Gasteiger partial charge in [-0.05, 0) is 24.6 Å². The average Bonchev–Trinajstić information content (AvgIpc) is 2.77. The van der Waals surface area contributed by atoms with Crippen molar-refractivity contribution in [1.82, 2.24) is 4.98 Å². The van der Waals surface area contributed by atoms with E-state index < -0.39 is 0 Å². The highest BCUT2D eigenvalue weighted by molar-refractivity contribution is 8.00. The number of hydrogen-bond acceptors (Lipinski definition) is 5. The Kier molecular flexibility index (Phi) is 4.49. The second-order valence-electron chi connectivity index (χ2n) is 3.78. The summed E-state index contributed by atoms with van der Waals surface area (Å²) in [5.74, 6) is 1.85. The monoisotopic (exact) mass is 280 g/mol. The third-order valence-electron chi connectivity index (χ3n) is 2.50. The number of methoxy groups -OCH3 is 1. The third-order valence-corrected chi connectivity index (χ3v) is 5.11. The first-order valence-electron chi connectivity index (χ1n) is 5.64. The molecule has 0 amide bonds. The predicted octanol–water partition coefficient (Wildman–Crippen LogP) is 3.79. The van der Waals surface area contributed by atoms with E-state index in [4.69, 9.17) is 4.74 Å². The highest BCUT2D eigenvalue weighted by Crippen LogP contribution is 2.33.